The number of carbonyl (C=O) groups is 1. The summed E-state index contributed by atoms with van der Waals surface area (Å²) in [6.45, 7) is 0. The van der Waals surface area contributed by atoms with E-state index in [0.717, 1.165) is 0 Å². The average molecular weight is 401 g/mol. The molecule has 1 N–H and O–H groups in total. The summed E-state index contributed by atoms with van der Waals surface area (Å²) in [6.07, 6.45) is 0. The van der Waals surface area contributed by atoms with Crippen LogP contribution in [0.15, 0.2) is 65.1 Å². The van der Waals surface area contributed by atoms with Gasteiger partial charge in [-0.25, -0.2) is 9.37 Å². The number of amides is 1. The van der Waals surface area contributed by atoms with Crippen molar-refractivity contribution in [1.82, 2.24) is 4.98 Å². The molecule has 3 aromatic carbocycles. The van der Waals surface area contributed by atoms with Crippen molar-refractivity contribution in [2.45, 2.75) is 0 Å². The van der Waals surface area contributed by atoms with Gasteiger partial charge in [0.2, 0.25) is 5.89 Å². The van der Waals surface area contributed by atoms with E-state index < -0.39 is 5.91 Å². The zero-order chi connectivity index (χ0) is 19.0. The number of oxazole rings is 1. The third kappa shape index (κ3) is 3.52. The van der Waals surface area contributed by atoms with Gasteiger partial charge < -0.3 is 9.73 Å². The molecule has 1 heterocycles. The molecule has 27 heavy (non-hydrogen) atoms. The lowest BCUT2D eigenvalue weighted by atomic mass is 10.2. The van der Waals surface area contributed by atoms with Crippen molar-refractivity contribution in [3.05, 3.63) is 82.1 Å². The van der Waals surface area contributed by atoms with E-state index >= 15 is 0 Å². The summed E-state index contributed by atoms with van der Waals surface area (Å²) in [6, 6.07) is 15.8. The van der Waals surface area contributed by atoms with E-state index in [9.17, 15) is 9.18 Å². The summed E-state index contributed by atoms with van der Waals surface area (Å²) in [5.41, 5.74) is 2.37. The monoisotopic (exact) mass is 400 g/mol. The fourth-order valence-electron chi connectivity index (χ4n) is 2.63. The average Bonchev–Trinajstić information content (AvgIpc) is 3.07. The Kier molecular flexibility index (Phi) is 4.56. The topological polar surface area (TPSA) is 55.1 Å². The molecule has 0 bridgehead atoms. The molecule has 0 spiro atoms. The molecule has 4 aromatic rings. The summed E-state index contributed by atoms with van der Waals surface area (Å²) >= 11 is 12.0. The highest BCUT2D eigenvalue weighted by Gasteiger charge is 2.14. The molecule has 7 heteroatoms. The van der Waals surface area contributed by atoms with Crippen LogP contribution in [0.1, 0.15) is 10.4 Å². The highest BCUT2D eigenvalue weighted by molar-refractivity contribution is 6.44. The van der Waals surface area contributed by atoms with Crippen molar-refractivity contribution < 1.29 is 13.6 Å². The third-order valence-electron chi connectivity index (χ3n) is 3.91. The molecule has 1 aromatic heterocycles. The summed E-state index contributed by atoms with van der Waals surface area (Å²) in [7, 11) is 0. The smallest absolute Gasteiger partial charge is 0.257 e. The number of hydrogen-bond acceptors (Lipinski definition) is 3. The lowest BCUT2D eigenvalue weighted by Crippen LogP contribution is -2.12. The van der Waals surface area contributed by atoms with E-state index in [1.165, 1.54) is 12.1 Å². The fourth-order valence-corrected chi connectivity index (χ4v) is 3.01. The van der Waals surface area contributed by atoms with Crippen molar-refractivity contribution in [3.63, 3.8) is 0 Å². The first-order chi connectivity index (χ1) is 13.0. The molecule has 4 rings (SSSR count). The van der Waals surface area contributed by atoms with Crippen molar-refractivity contribution in [3.8, 4) is 11.5 Å². The summed E-state index contributed by atoms with van der Waals surface area (Å²) in [4.78, 5) is 16.8. The van der Waals surface area contributed by atoms with Crippen LogP contribution in [-0.4, -0.2) is 10.9 Å². The van der Waals surface area contributed by atoms with Crippen LogP contribution in [0, 0.1) is 5.82 Å². The molecule has 134 valence electrons. The van der Waals surface area contributed by atoms with Gasteiger partial charge in [-0.15, -0.1) is 0 Å². The van der Waals surface area contributed by atoms with Crippen LogP contribution in [0.3, 0.4) is 0 Å². The molecule has 0 aliphatic rings. The summed E-state index contributed by atoms with van der Waals surface area (Å²) in [5.74, 6) is -0.470. The minimum absolute atomic E-state index is 0.188. The SMILES string of the molecule is O=C(Nc1ccc2oc(-c3cccc(F)c3)nc2c1)c1cccc(Cl)c1Cl. The number of aromatic nitrogens is 1. The number of halogens is 3. The number of hydrogen-bond donors (Lipinski definition) is 1. The van der Waals surface area contributed by atoms with Crippen molar-refractivity contribution in [2.75, 3.05) is 5.32 Å². The Morgan fingerprint density at radius 3 is 2.67 bits per heavy atom. The fraction of sp³-hybridized carbons (Fsp3) is 0. The molecule has 0 fully saturated rings. The van der Waals surface area contributed by atoms with Gasteiger partial charge in [-0.2, -0.15) is 0 Å². The van der Waals surface area contributed by atoms with Gasteiger partial charge in [0.05, 0.1) is 15.6 Å². The maximum Gasteiger partial charge on any atom is 0.257 e. The maximum atomic E-state index is 13.4. The molecule has 0 saturated heterocycles. The predicted octanol–water partition coefficient (Wildman–Crippen LogP) is 6.19. The van der Waals surface area contributed by atoms with Crippen molar-refractivity contribution in [2.24, 2.45) is 0 Å². The minimum atomic E-state index is -0.393. The first-order valence-corrected chi connectivity index (χ1v) is 8.69. The number of nitrogens with one attached hydrogen (secondary N) is 1. The Morgan fingerprint density at radius 2 is 1.85 bits per heavy atom. The van der Waals surface area contributed by atoms with Crippen LogP contribution >= 0.6 is 23.2 Å². The Bertz CT molecular complexity index is 1170. The Morgan fingerprint density at radius 1 is 1.04 bits per heavy atom. The molecule has 0 saturated carbocycles. The van der Waals surface area contributed by atoms with Gasteiger partial charge in [0.25, 0.3) is 5.91 Å². The van der Waals surface area contributed by atoms with Gasteiger partial charge in [0.1, 0.15) is 11.3 Å². The second-order valence-corrected chi connectivity index (χ2v) is 6.55. The second kappa shape index (κ2) is 7.02. The molecular formula is C20H11Cl2FN2O2. The van der Waals surface area contributed by atoms with Crippen molar-refractivity contribution in [1.29, 1.82) is 0 Å². The zero-order valence-electron chi connectivity index (χ0n) is 13.7. The van der Waals surface area contributed by atoms with Gasteiger partial charge in [0.15, 0.2) is 5.58 Å². The number of fused-ring (bicyclic) bond motifs is 1. The van der Waals surface area contributed by atoms with E-state index in [1.54, 1.807) is 48.5 Å². The quantitative estimate of drug-likeness (QED) is 0.445. The molecule has 0 unspecified atom stereocenters. The second-order valence-electron chi connectivity index (χ2n) is 5.77. The standard InChI is InChI=1S/C20H11Cl2FN2O2/c21-15-6-2-5-14(18(15)22)19(26)24-13-7-8-17-16(10-13)25-20(27-17)11-3-1-4-12(23)9-11/h1-10H,(H,24,26). The van der Waals surface area contributed by atoms with Gasteiger partial charge >= 0.3 is 0 Å². The number of nitrogens with zero attached hydrogens (tertiary/aromatic N) is 1. The highest BCUT2D eigenvalue weighted by atomic mass is 35.5. The lowest BCUT2D eigenvalue weighted by Gasteiger charge is -2.07. The van der Waals surface area contributed by atoms with Crippen LogP contribution in [0.2, 0.25) is 10.0 Å². The zero-order valence-corrected chi connectivity index (χ0v) is 15.2. The first-order valence-electron chi connectivity index (χ1n) is 7.93. The van der Waals surface area contributed by atoms with Crippen molar-refractivity contribution >= 4 is 45.9 Å². The molecule has 0 atom stereocenters. The molecule has 4 nitrogen and oxygen atoms in total. The van der Waals surface area contributed by atoms with Gasteiger partial charge in [-0.1, -0.05) is 35.3 Å². The first kappa shape index (κ1) is 17.5. The third-order valence-corrected chi connectivity index (χ3v) is 4.73. The number of anilines is 1. The van der Waals surface area contributed by atoms with E-state index in [0.29, 0.717) is 33.3 Å². The van der Waals surface area contributed by atoms with Crippen LogP contribution in [0.4, 0.5) is 10.1 Å². The van der Waals surface area contributed by atoms with Gasteiger partial charge in [-0.05, 0) is 48.5 Å². The number of benzene rings is 3. The molecule has 1 amide bonds. The predicted molar refractivity (Wildman–Crippen MR) is 104 cm³/mol. The minimum Gasteiger partial charge on any atom is -0.436 e. The largest absolute Gasteiger partial charge is 0.436 e. The number of carbonyl (C=O) groups excluding carboxylic acids is 1. The Hall–Kier alpha value is -2.89. The van der Waals surface area contributed by atoms with Gasteiger partial charge in [0, 0.05) is 11.3 Å². The summed E-state index contributed by atoms with van der Waals surface area (Å²) in [5, 5.41) is 3.24. The molecule has 0 radical (unpaired) electrons. The number of rotatable bonds is 3. The summed E-state index contributed by atoms with van der Waals surface area (Å²) < 4.78 is 19.1. The molecule has 0 aliphatic heterocycles. The normalized spacial score (nSPS) is 10.9. The van der Waals surface area contributed by atoms with Crippen LogP contribution in [-0.2, 0) is 0 Å². The molecule has 0 aliphatic carbocycles. The molecular weight excluding hydrogens is 390 g/mol. The van der Waals surface area contributed by atoms with Crippen LogP contribution < -0.4 is 5.32 Å². The van der Waals surface area contributed by atoms with E-state index in [1.807, 2.05) is 0 Å². The van der Waals surface area contributed by atoms with Gasteiger partial charge in [-0.3, -0.25) is 4.79 Å². The Labute approximate surface area is 163 Å². The van der Waals surface area contributed by atoms with E-state index in [2.05, 4.69) is 10.3 Å². The maximum absolute atomic E-state index is 13.4. The van der Waals surface area contributed by atoms with Crippen LogP contribution in [0.25, 0.3) is 22.6 Å². The highest BCUT2D eigenvalue weighted by Crippen LogP contribution is 2.28. The lowest BCUT2D eigenvalue weighted by molar-refractivity contribution is 0.102. The van der Waals surface area contributed by atoms with Crippen LogP contribution in [0.5, 0.6) is 0 Å². The van der Waals surface area contributed by atoms with E-state index in [4.69, 9.17) is 27.6 Å². The van der Waals surface area contributed by atoms with E-state index in [-0.39, 0.29) is 16.4 Å². The Balaban J connectivity index is 1.64.